The van der Waals surface area contributed by atoms with E-state index in [9.17, 15) is 0 Å². The number of hydrogen-bond donors (Lipinski definition) is 1. The van der Waals surface area contributed by atoms with Gasteiger partial charge in [0, 0.05) is 5.75 Å². The lowest BCUT2D eigenvalue weighted by molar-refractivity contribution is 0.647. The molecule has 0 saturated heterocycles. The number of thiol groups is 1. The average Bonchev–Trinajstić information content (AvgIpc) is 2.03. The van der Waals surface area contributed by atoms with Crippen LogP contribution in [0.25, 0.3) is 0 Å². The molecule has 0 aliphatic carbocycles. The van der Waals surface area contributed by atoms with Crippen LogP contribution in [0.2, 0.25) is 0 Å². The lowest BCUT2D eigenvalue weighted by atomic mass is 10.0. The van der Waals surface area contributed by atoms with Gasteiger partial charge in [0.2, 0.25) is 0 Å². The highest BCUT2D eigenvalue weighted by Crippen LogP contribution is 2.11. The lowest BCUT2D eigenvalue weighted by Gasteiger charge is -2.05. The van der Waals surface area contributed by atoms with Crippen molar-refractivity contribution in [2.75, 3.05) is 0 Å². The van der Waals surface area contributed by atoms with Crippen LogP contribution < -0.4 is 0 Å². The van der Waals surface area contributed by atoms with Gasteiger partial charge in [-0.05, 0) is 23.5 Å². The fraction of sp³-hybridized carbons (Fsp3) is 0.455. The second-order valence-electron chi connectivity index (χ2n) is 3.58. The monoisotopic (exact) mass is 180 g/mol. The van der Waals surface area contributed by atoms with Crippen molar-refractivity contribution in [1.82, 2.24) is 0 Å². The molecular weight excluding hydrogens is 164 g/mol. The summed E-state index contributed by atoms with van der Waals surface area (Å²) >= 11 is 4.25. The molecule has 1 heteroatoms. The summed E-state index contributed by atoms with van der Waals surface area (Å²) in [6.45, 7) is 4.49. The summed E-state index contributed by atoms with van der Waals surface area (Å²) in [5.74, 6) is 1.58. The van der Waals surface area contributed by atoms with Gasteiger partial charge in [0.05, 0.1) is 0 Å². The Balaban J connectivity index is 2.72. The molecule has 1 aromatic carbocycles. The summed E-state index contributed by atoms with van der Waals surface area (Å²) in [7, 11) is 0. The molecule has 0 saturated carbocycles. The Bertz CT molecular complexity index is 241. The van der Waals surface area contributed by atoms with Gasteiger partial charge in [-0.15, -0.1) is 0 Å². The van der Waals surface area contributed by atoms with E-state index >= 15 is 0 Å². The first kappa shape index (κ1) is 9.66. The molecule has 66 valence electrons. The number of benzene rings is 1. The Labute approximate surface area is 80.4 Å². The van der Waals surface area contributed by atoms with Crippen LogP contribution in [0.15, 0.2) is 24.3 Å². The molecule has 1 aromatic rings. The minimum atomic E-state index is 0.736. The molecule has 0 bridgehead atoms. The van der Waals surface area contributed by atoms with Gasteiger partial charge < -0.3 is 0 Å². The van der Waals surface area contributed by atoms with Crippen LogP contribution in [0.1, 0.15) is 25.0 Å². The van der Waals surface area contributed by atoms with E-state index in [4.69, 9.17) is 0 Å². The molecule has 0 nitrogen and oxygen atoms in total. The lowest BCUT2D eigenvalue weighted by Crippen LogP contribution is -1.94. The maximum absolute atomic E-state index is 4.25. The zero-order valence-electron chi connectivity index (χ0n) is 7.75. The third kappa shape index (κ3) is 2.90. The summed E-state index contributed by atoms with van der Waals surface area (Å²) < 4.78 is 0. The van der Waals surface area contributed by atoms with E-state index in [0.717, 1.165) is 11.7 Å². The third-order valence-electron chi connectivity index (χ3n) is 1.82. The van der Waals surface area contributed by atoms with E-state index in [2.05, 4.69) is 50.7 Å². The van der Waals surface area contributed by atoms with Crippen molar-refractivity contribution in [1.29, 1.82) is 0 Å². The standard InChI is InChI=1S/C11H16S/c1-9(2)6-10-4-3-5-11(7-10)8-12/h3-5,7,9,12H,6,8H2,1-2H3. The number of rotatable bonds is 3. The molecule has 0 N–H and O–H groups in total. The molecule has 0 atom stereocenters. The predicted molar refractivity (Wildman–Crippen MR) is 57.7 cm³/mol. The SMILES string of the molecule is CC(C)Cc1cccc(CS)c1. The van der Waals surface area contributed by atoms with E-state index in [0.29, 0.717) is 0 Å². The largest absolute Gasteiger partial charge is 0.175 e. The Hall–Kier alpha value is -0.430. The summed E-state index contributed by atoms with van der Waals surface area (Å²) in [6.07, 6.45) is 1.17. The molecule has 0 unspecified atom stereocenters. The maximum Gasteiger partial charge on any atom is 0.0154 e. The van der Waals surface area contributed by atoms with Crippen molar-refractivity contribution >= 4 is 12.6 Å². The van der Waals surface area contributed by atoms with Gasteiger partial charge in [-0.2, -0.15) is 12.6 Å². The Morgan fingerprint density at radius 1 is 1.25 bits per heavy atom. The smallest absolute Gasteiger partial charge is 0.0154 e. The Kier molecular flexibility index (Phi) is 3.67. The zero-order chi connectivity index (χ0) is 8.97. The molecule has 0 heterocycles. The molecule has 0 aromatic heterocycles. The van der Waals surface area contributed by atoms with Gasteiger partial charge >= 0.3 is 0 Å². The summed E-state index contributed by atoms with van der Waals surface area (Å²) in [6, 6.07) is 8.67. The average molecular weight is 180 g/mol. The van der Waals surface area contributed by atoms with Gasteiger partial charge in [0.1, 0.15) is 0 Å². The van der Waals surface area contributed by atoms with Crippen LogP contribution in [-0.4, -0.2) is 0 Å². The maximum atomic E-state index is 4.25. The summed E-state index contributed by atoms with van der Waals surface area (Å²) in [4.78, 5) is 0. The minimum Gasteiger partial charge on any atom is -0.175 e. The summed E-state index contributed by atoms with van der Waals surface area (Å²) in [5.41, 5.74) is 2.74. The first-order valence-corrected chi connectivity index (χ1v) is 5.04. The number of hydrogen-bond acceptors (Lipinski definition) is 1. The topological polar surface area (TPSA) is 0 Å². The minimum absolute atomic E-state index is 0.736. The van der Waals surface area contributed by atoms with Crippen LogP contribution >= 0.6 is 12.6 Å². The van der Waals surface area contributed by atoms with Gasteiger partial charge in [-0.25, -0.2) is 0 Å². The van der Waals surface area contributed by atoms with Crippen molar-refractivity contribution < 1.29 is 0 Å². The molecule has 0 fully saturated rings. The highest BCUT2D eigenvalue weighted by Gasteiger charge is 1.97. The van der Waals surface area contributed by atoms with E-state index < -0.39 is 0 Å². The Morgan fingerprint density at radius 3 is 2.50 bits per heavy atom. The van der Waals surface area contributed by atoms with Crippen LogP contribution in [0.3, 0.4) is 0 Å². The van der Waals surface area contributed by atoms with Gasteiger partial charge in [0.25, 0.3) is 0 Å². The molecule has 0 aliphatic rings. The van der Waals surface area contributed by atoms with Crippen molar-refractivity contribution in [2.24, 2.45) is 5.92 Å². The van der Waals surface area contributed by atoms with Crippen molar-refractivity contribution in [3.05, 3.63) is 35.4 Å². The second kappa shape index (κ2) is 4.56. The fourth-order valence-electron chi connectivity index (χ4n) is 1.33. The van der Waals surface area contributed by atoms with E-state index in [1.807, 2.05) is 0 Å². The highest BCUT2D eigenvalue weighted by molar-refractivity contribution is 7.79. The van der Waals surface area contributed by atoms with Crippen LogP contribution in [0.4, 0.5) is 0 Å². The van der Waals surface area contributed by atoms with Crippen LogP contribution in [-0.2, 0) is 12.2 Å². The van der Waals surface area contributed by atoms with Crippen LogP contribution in [0, 0.1) is 5.92 Å². The molecule has 0 amide bonds. The predicted octanol–water partition coefficient (Wildman–Crippen LogP) is 3.31. The molecule has 1 rings (SSSR count). The van der Waals surface area contributed by atoms with Gasteiger partial charge in [0.15, 0.2) is 0 Å². The second-order valence-corrected chi connectivity index (χ2v) is 3.89. The zero-order valence-corrected chi connectivity index (χ0v) is 8.64. The van der Waals surface area contributed by atoms with Gasteiger partial charge in [-0.3, -0.25) is 0 Å². The third-order valence-corrected chi connectivity index (χ3v) is 2.18. The van der Waals surface area contributed by atoms with E-state index in [1.165, 1.54) is 17.5 Å². The molecule has 12 heavy (non-hydrogen) atoms. The highest BCUT2D eigenvalue weighted by atomic mass is 32.1. The van der Waals surface area contributed by atoms with E-state index in [-0.39, 0.29) is 0 Å². The normalized spacial score (nSPS) is 10.7. The van der Waals surface area contributed by atoms with Gasteiger partial charge in [-0.1, -0.05) is 38.1 Å². The van der Waals surface area contributed by atoms with Crippen molar-refractivity contribution in [2.45, 2.75) is 26.0 Å². The quantitative estimate of drug-likeness (QED) is 0.678. The van der Waals surface area contributed by atoms with E-state index in [1.54, 1.807) is 0 Å². The summed E-state index contributed by atoms with van der Waals surface area (Å²) in [5, 5.41) is 0. The fourth-order valence-corrected chi connectivity index (χ4v) is 1.52. The molecule has 0 spiro atoms. The van der Waals surface area contributed by atoms with Crippen molar-refractivity contribution in [3.63, 3.8) is 0 Å². The van der Waals surface area contributed by atoms with Crippen molar-refractivity contribution in [3.8, 4) is 0 Å². The molecule has 0 radical (unpaired) electrons. The molecule has 0 aliphatic heterocycles. The Morgan fingerprint density at radius 2 is 1.92 bits per heavy atom. The first-order valence-electron chi connectivity index (χ1n) is 4.41. The molecular formula is C11H16S. The first-order chi connectivity index (χ1) is 5.72. The van der Waals surface area contributed by atoms with Crippen LogP contribution in [0.5, 0.6) is 0 Å².